The van der Waals surface area contributed by atoms with Crippen LogP contribution in [-0.4, -0.2) is 38.9 Å². The number of carbonyl (C=O) groups excluding carboxylic acids is 1. The van der Waals surface area contributed by atoms with E-state index in [0.29, 0.717) is 24.3 Å². The average Bonchev–Trinajstić information content (AvgIpc) is 2.79. The highest BCUT2D eigenvalue weighted by Gasteiger charge is 2.33. The number of benzene rings is 3. The Morgan fingerprint density at radius 3 is 2.19 bits per heavy atom. The van der Waals surface area contributed by atoms with Gasteiger partial charge in [-0.2, -0.15) is 4.31 Å². The van der Waals surface area contributed by atoms with Crippen molar-refractivity contribution >= 4 is 26.8 Å². The molecule has 0 radical (unpaired) electrons. The van der Waals surface area contributed by atoms with Gasteiger partial charge in [-0.1, -0.05) is 12.1 Å². The molecule has 0 aliphatic carbocycles. The van der Waals surface area contributed by atoms with E-state index in [1.165, 1.54) is 16.4 Å². The van der Waals surface area contributed by atoms with Gasteiger partial charge in [-0.3, -0.25) is 4.79 Å². The lowest BCUT2D eigenvalue weighted by atomic mass is 9.98. The quantitative estimate of drug-likeness (QED) is 0.440. The fourth-order valence-electron chi connectivity index (χ4n) is 3.68. The van der Waals surface area contributed by atoms with E-state index in [-0.39, 0.29) is 29.9 Å². The largest absolute Gasteiger partial charge is 0.497 e. The lowest BCUT2D eigenvalue weighted by Crippen LogP contribution is -2.41. The molecule has 1 fully saturated rings. The molecule has 0 N–H and O–H groups in total. The Labute approximate surface area is 180 Å². The van der Waals surface area contributed by atoms with Gasteiger partial charge in [0.2, 0.25) is 10.0 Å². The van der Waals surface area contributed by atoms with Crippen molar-refractivity contribution in [3.05, 3.63) is 66.5 Å². The predicted octanol–water partition coefficient (Wildman–Crippen LogP) is 3.99. The van der Waals surface area contributed by atoms with E-state index in [1.54, 1.807) is 19.2 Å². The number of methoxy groups -OCH3 is 1. The van der Waals surface area contributed by atoms with Crippen molar-refractivity contribution in [1.29, 1.82) is 0 Å². The van der Waals surface area contributed by atoms with Crippen LogP contribution in [0.1, 0.15) is 12.8 Å². The zero-order valence-corrected chi connectivity index (χ0v) is 17.8. The van der Waals surface area contributed by atoms with Crippen LogP contribution in [0.2, 0.25) is 0 Å². The molecule has 4 rings (SSSR count). The molecule has 162 valence electrons. The molecule has 31 heavy (non-hydrogen) atoms. The van der Waals surface area contributed by atoms with Gasteiger partial charge in [0.05, 0.1) is 17.9 Å². The smallest absolute Gasteiger partial charge is 0.314 e. The topological polar surface area (TPSA) is 72.9 Å². The predicted molar refractivity (Wildman–Crippen MR) is 114 cm³/mol. The zero-order chi connectivity index (χ0) is 22.0. The molecule has 1 aliphatic heterocycles. The van der Waals surface area contributed by atoms with E-state index in [4.69, 9.17) is 9.47 Å². The summed E-state index contributed by atoms with van der Waals surface area (Å²) in [6, 6.07) is 15.8. The standard InChI is InChI=1S/C23H22FNO5S/c1-29-20-6-2-16-3-7-21(15-18(16)14-20)30-23(26)17-10-12-25(13-11-17)31(27,28)22-8-4-19(24)5-9-22/h2-9,14-15,17H,10-13H2,1H3. The zero-order valence-electron chi connectivity index (χ0n) is 17.0. The number of nitrogens with zero attached hydrogens (tertiary/aromatic N) is 1. The lowest BCUT2D eigenvalue weighted by Gasteiger charge is -2.30. The molecule has 1 saturated heterocycles. The molecule has 0 atom stereocenters. The van der Waals surface area contributed by atoms with Gasteiger partial charge in [-0.05, 0) is 72.1 Å². The number of fused-ring (bicyclic) bond motifs is 1. The third-order valence-corrected chi connectivity index (χ3v) is 7.39. The molecular formula is C23H22FNO5S. The highest BCUT2D eigenvalue weighted by Crippen LogP contribution is 2.28. The molecule has 1 heterocycles. The Hall–Kier alpha value is -2.97. The summed E-state index contributed by atoms with van der Waals surface area (Å²) in [6.07, 6.45) is 0.724. The van der Waals surface area contributed by atoms with Crippen molar-refractivity contribution in [2.75, 3.05) is 20.2 Å². The minimum atomic E-state index is -3.72. The third-order valence-electron chi connectivity index (χ3n) is 5.48. The third kappa shape index (κ3) is 4.55. The summed E-state index contributed by atoms with van der Waals surface area (Å²) in [5.41, 5.74) is 0. The monoisotopic (exact) mass is 443 g/mol. The SMILES string of the molecule is COc1ccc2ccc(OC(=O)C3CCN(S(=O)(=O)c4ccc(F)cc4)CC3)cc2c1. The summed E-state index contributed by atoms with van der Waals surface area (Å²) in [5, 5.41) is 1.89. The second-order valence-electron chi connectivity index (χ2n) is 7.43. The Bertz CT molecular complexity index is 1200. The summed E-state index contributed by atoms with van der Waals surface area (Å²) in [6.45, 7) is 0.406. The molecular weight excluding hydrogens is 421 g/mol. The van der Waals surface area contributed by atoms with Crippen molar-refractivity contribution < 1.29 is 27.1 Å². The van der Waals surface area contributed by atoms with Crippen LogP contribution in [0.25, 0.3) is 10.8 Å². The maximum atomic E-state index is 13.1. The van der Waals surface area contributed by atoms with Gasteiger partial charge in [0.1, 0.15) is 17.3 Å². The molecule has 1 aliphatic rings. The summed E-state index contributed by atoms with van der Waals surface area (Å²) in [5.74, 6) is -0.105. The number of ether oxygens (including phenoxy) is 2. The number of hydrogen-bond acceptors (Lipinski definition) is 5. The molecule has 0 bridgehead atoms. The number of carbonyl (C=O) groups is 1. The van der Waals surface area contributed by atoms with Gasteiger partial charge >= 0.3 is 5.97 Å². The van der Waals surface area contributed by atoms with E-state index in [0.717, 1.165) is 22.9 Å². The van der Waals surface area contributed by atoms with Crippen molar-refractivity contribution in [2.24, 2.45) is 5.92 Å². The summed E-state index contributed by atoms with van der Waals surface area (Å²) < 4.78 is 50.7. The summed E-state index contributed by atoms with van der Waals surface area (Å²) in [4.78, 5) is 12.7. The van der Waals surface area contributed by atoms with Gasteiger partial charge in [0, 0.05) is 13.1 Å². The number of sulfonamides is 1. The first-order valence-electron chi connectivity index (χ1n) is 9.92. The van der Waals surface area contributed by atoms with Crippen LogP contribution in [0.4, 0.5) is 4.39 Å². The average molecular weight is 443 g/mol. The number of piperidine rings is 1. The Kier molecular flexibility index (Phi) is 5.93. The number of rotatable bonds is 5. The van der Waals surface area contributed by atoms with Crippen molar-refractivity contribution in [3.63, 3.8) is 0 Å². The molecule has 0 spiro atoms. The minimum absolute atomic E-state index is 0.0431. The van der Waals surface area contributed by atoms with E-state index in [2.05, 4.69) is 0 Å². The maximum absolute atomic E-state index is 13.1. The Morgan fingerprint density at radius 1 is 0.935 bits per heavy atom. The van der Waals surface area contributed by atoms with Crippen LogP contribution < -0.4 is 9.47 Å². The van der Waals surface area contributed by atoms with Crippen LogP contribution in [0.5, 0.6) is 11.5 Å². The Morgan fingerprint density at radius 2 is 1.55 bits per heavy atom. The number of halogens is 1. The van der Waals surface area contributed by atoms with Crippen molar-refractivity contribution in [3.8, 4) is 11.5 Å². The van der Waals surface area contributed by atoms with E-state index in [9.17, 15) is 17.6 Å². The lowest BCUT2D eigenvalue weighted by molar-refractivity contribution is -0.140. The molecule has 3 aromatic rings. The first kappa shape index (κ1) is 21.3. The maximum Gasteiger partial charge on any atom is 0.314 e. The molecule has 0 amide bonds. The van der Waals surface area contributed by atoms with E-state index < -0.39 is 15.8 Å². The molecule has 8 heteroatoms. The van der Waals surface area contributed by atoms with Gasteiger partial charge in [-0.25, -0.2) is 12.8 Å². The number of esters is 1. The molecule has 0 aromatic heterocycles. The first-order chi connectivity index (χ1) is 14.9. The van der Waals surface area contributed by atoms with Crippen LogP contribution in [0, 0.1) is 11.7 Å². The highest BCUT2D eigenvalue weighted by molar-refractivity contribution is 7.89. The second-order valence-corrected chi connectivity index (χ2v) is 9.37. The molecule has 3 aromatic carbocycles. The van der Waals surface area contributed by atoms with Gasteiger partial charge in [0.15, 0.2) is 0 Å². The summed E-state index contributed by atoms with van der Waals surface area (Å²) >= 11 is 0. The van der Waals surface area contributed by atoms with Crippen LogP contribution in [0.3, 0.4) is 0 Å². The molecule has 0 saturated carbocycles. The van der Waals surface area contributed by atoms with E-state index >= 15 is 0 Å². The fourth-order valence-corrected chi connectivity index (χ4v) is 5.15. The minimum Gasteiger partial charge on any atom is -0.497 e. The molecule has 0 unspecified atom stereocenters. The summed E-state index contributed by atoms with van der Waals surface area (Å²) in [7, 11) is -2.12. The van der Waals surface area contributed by atoms with E-state index in [1.807, 2.05) is 24.3 Å². The van der Waals surface area contributed by atoms with Gasteiger partial charge in [0.25, 0.3) is 0 Å². The van der Waals surface area contributed by atoms with Gasteiger partial charge in [-0.15, -0.1) is 0 Å². The normalized spacial score (nSPS) is 15.7. The second kappa shape index (κ2) is 8.64. The van der Waals surface area contributed by atoms with Crippen LogP contribution in [-0.2, 0) is 14.8 Å². The van der Waals surface area contributed by atoms with Crippen LogP contribution >= 0.6 is 0 Å². The van der Waals surface area contributed by atoms with Gasteiger partial charge < -0.3 is 9.47 Å². The van der Waals surface area contributed by atoms with Crippen molar-refractivity contribution in [2.45, 2.75) is 17.7 Å². The first-order valence-corrected chi connectivity index (χ1v) is 11.4. The Balaban J connectivity index is 1.40. The van der Waals surface area contributed by atoms with Crippen LogP contribution in [0.15, 0.2) is 65.6 Å². The van der Waals surface area contributed by atoms with Crippen molar-refractivity contribution in [1.82, 2.24) is 4.31 Å². The highest BCUT2D eigenvalue weighted by atomic mass is 32.2. The molecule has 6 nitrogen and oxygen atoms in total. The fraction of sp³-hybridized carbons (Fsp3) is 0.261. The number of hydrogen-bond donors (Lipinski definition) is 0.